The Hall–Kier alpha value is -1.97. The van der Waals surface area contributed by atoms with E-state index >= 15 is 0 Å². The second-order valence-corrected chi connectivity index (χ2v) is 3.97. The lowest BCUT2D eigenvalue weighted by Crippen LogP contribution is -1.96. The van der Waals surface area contributed by atoms with Crippen LogP contribution in [0.2, 0.25) is 0 Å². The Labute approximate surface area is 93.6 Å². The Morgan fingerprint density at radius 3 is 3.06 bits per heavy atom. The predicted molar refractivity (Wildman–Crippen MR) is 62.3 cm³/mol. The van der Waals surface area contributed by atoms with Gasteiger partial charge in [-0.2, -0.15) is 5.10 Å². The first-order valence-electron chi connectivity index (χ1n) is 5.30. The van der Waals surface area contributed by atoms with E-state index in [4.69, 9.17) is 10.5 Å². The molecule has 82 valence electrons. The summed E-state index contributed by atoms with van der Waals surface area (Å²) in [6.07, 6.45) is 0.978. The molecule has 0 fully saturated rings. The quantitative estimate of drug-likeness (QED) is 0.786. The maximum atomic E-state index is 5.78. The van der Waals surface area contributed by atoms with Gasteiger partial charge in [0.05, 0.1) is 12.3 Å². The van der Waals surface area contributed by atoms with E-state index in [9.17, 15) is 0 Å². The van der Waals surface area contributed by atoms with Gasteiger partial charge in [0, 0.05) is 25.1 Å². The normalized spacial score (nSPS) is 13.6. The second-order valence-electron chi connectivity index (χ2n) is 3.97. The van der Waals surface area contributed by atoms with Gasteiger partial charge < -0.3 is 10.5 Å². The molecule has 2 N–H and O–H groups in total. The monoisotopic (exact) mass is 215 g/mol. The molecule has 4 nitrogen and oxygen atoms in total. The number of nitrogens with zero attached hydrogens (tertiary/aromatic N) is 2. The van der Waals surface area contributed by atoms with Crippen LogP contribution in [0.15, 0.2) is 24.3 Å². The molecule has 0 saturated carbocycles. The van der Waals surface area contributed by atoms with Crippen molar-refractivity contribution in [3.8, 4) is 17.0 Å². The molecular formula is C12H13N3O. The summed E-state index contributed by atoms with van der Waals surface area (Å²) < 4.78 is 7.31. The molecule has 0 amide bonds. The molecule has 2 heterocycles. The fourth-order valence-corrected chi connectivity index (χ4v) is 2.03. The first-order chi connectivity index (χ1) is 7.75. The van der Waals surface area contributed by atoms with Gasteiger partial charge in [0.25, 0.3) is 0 Å². The van der Waals surface area contributed by atoms with Crippen LogP contribution in [0.5, 0.6) is 5.75 Å². The first-order valence-corrected chi connectivity index (χ1v) is 5.30. The Kier molecular flexibility index (Phi) is 1.89. The smallest absolute Gasteiger partial charge is 0.132 e. The highest BCUT2D eigenvalue weighted by atomic mass is 16.5. The molecule has 0 spiro atoms. The lowest BCUT2D eigenvalue weighted by molar-refractivity contribution is 0.358. The number of ether oxygens (including phenoxy) is 1. The number of aryl methyl sites for hydroxylation is 1. The molecule has 1 aliphatic heterocycles. The molecule has 0 atom stereocenters. The van der Waals surface area contributed by atoms with E-state index in [2.05, 4.69) is 11.2 Å². The Balaban J connectivity index is 2.17. The van der Waals surface area contributed by atoms with Crippen LogP contribution in [-0.2, 0) is 13.5 Å². The molecule has 4 heteroatoms. The molecule has 0 saturated heterocycles. The van der Waals surface area contributed by atoms with Crippen LogP contribution in [0.1, 0.15) is 5.56 Å². The Morgan fingerprint density at radius 2 is 2.31 bits per heavy atom. The van der Waals surface area contributed by atoms with Crippen LogP contribution in [0.4, 0.5) is 5.82 Å². The van der Waals surface area contributed by atoms with Crippen LogP contribution in [0.25, 0.3) is 11.3 Å². The summed E-state index contributed by atoms with van der Waals surface area (Å²) in [6, 6.07) is 8.02. The van der Waals surface area contributed by atoms with Crippen LogP contribution >= 0.6 is 0 Å². The molecule has 0 unspecified atom stereocenters. The van der Waals surface area contributed by atoms with E-state index in [1.54, 1.807) is 4.68 Å². The number of para-hydroxylation sites is 1. The van der Waals surface area contributed by atoms with E-state index in [0.29, 0.717) is 5.82 Å². The van der Waals surface area contributed by atoms with Gasteiger partial charge >= 0.3 is 0 Å². The van der Waals surface area contributed by atoms with Crippen molar-refractivity contribution < 1.29 is 4.74 Å². The number of aromatic nitrogens is 2. The molecule has 2 aromatic rings. The van der Waals surface area contributed by atoms with E-state index in [-0.39, 0.29) is 0 Å². The van der Waals surface area contributed by atoms with E-state index < -0.39 is 0 Å². The average molecular weight is 215 g/mol. The van der Waals surface area contributed by atoms with Crippen molar-refractivity contribution in [2.75, 3.05) is 12.3 Å². The third kappa shape index (κ3) is 1.26. The molecular weight excluding hydrogens is 202 g/mol. The van der Waals surface area contributed by atoms with Crippen molar-refractivity contribution in [1.29, 1.82) is 0 Å². The summed E-state index contributed by atoms with van der Waals surface area (Å²) in [4.78, 5) is 0. The topological polar surface area (TPSA) is 53.1 Å². The van der Waals surface area contributed by atoms with Crippen molar-refractivity contribution in [3.63, 3.8) is 0 Å². The van der Waals surface area contributed by atoms with Gasteiger partial charge in [-0.25, -0.2) is 0 Å². The Morgan fingerprint density at radius 1 is 1.44 bits per heavy atom. The average Bonchev–Trinajstić information content (AvgIpc) is 2.85. The number of hydrogen-bond acceptors (Lipinski definition) is 3. The molecule has 0 bridgehead atoms. The fourth-order valence-electron chi connectivity index (χ4n) is 2.03. The van der Waals surface area contributed by atoms with Gasteiger partial charge in [0.15, 0.2) is 0 Å². The van der Waals surface area contributed by atoms with E-state index in [1.165, 1.54) is 5.56 Å². The van der Waals surface area contributed by atoms with Gasteiger partial charge in [-0.05, 0) is 11.6 Å². The second kappa shape index (κ2) is 3.27. The summed E-state index contributed by atoms with van der Waals surface area (Å²) >= 11 is 0. The zero-order valence-electron chi connectivity index (χ0n) is 9.10. The molecule has 1 aromatic heterocycles. The number of benzene rings is 1. The first kappa shape index (κ1) is 9.27. The van der Waals surface area contributed by atoms with E-state index in [0.717, 1.165) is 30.0 Å². The number of rotatable bonds is 1. The fraction of sp³-hybridized carbons (Fsp3) is 0.250. The summed E-state index contributed by atoms with van der Waals surface area (Å²) in [5, 5.41) is 4.37. The van der Waals surface area contributed by atoms with Gasteiger partial charge in [0.2, 0.25) is 0 Å². The minimum Gasteiger partial charge on any atom is -0.492 e. The van der Waals surface area contributed by atoms with Crippen molar-refractivity contribution in [2.24, 2.45) is 7.05 Å². The summed E-state index contributed by atoms with van der Waals surface area (Å²) in [6.45, 7) is 0.759. The number of nitrogens with two attached hydrogens (primary N) is 1. The zero-order valence-corrected chi connectivity index (χ0v) is 9.10. The SMILES string of the molecule is Cn1nc(-c2cccc3c2OCC3)cc1N. The summed E-state index contributed by atoms with van der Waals surface area (Å²) in [5.74, 6) is 1.62. The van der Waals surface area contributed by atoms with Crippen molar-refractivity contribution in [1.82, 2.24) is 9.78 Å². The van der Waals surface area contributed by atoms with E-state index in [1.807, 2.05) is 25.2 Å². The highest BCUT2D eigenvalue weighted by Crippen LogP contribution is 2.36. The molecule has 0 aliphatic carbocycles. The summed E-state index contributed by atoms with van der Waals surface area (Å²) in [5.41, 5.74) is 8.94. The number of fused-ring (bicyclic) bond motifs is 1. The van der Waals surface area contributed by atoms with Crippen molar-refractivity contribution in [3.05, 3.63) is 29.8 Å². The van der Waals surface area contributed by atoms with Gasteiger partial charge in [-0.1, -0.05) is 12.1 Å². The molecule has 1 aromatic carbocycles. The summed E-state index contributed by atoms with van der Waals surface area (Å²) in [7, 11) is 1.84. The molecule has 0 radical (unpaired) electrons. The van der Waals surface area contributed by atoms with Crippen LogP contribution in [0, 0.1) is 0 Å². The minimum atomic E-state index is 0.658. The number of nitrogen functional groups attached to an aromatic ring is 1. The lowest BCUT2D eigenvalue weighted by atomic mass is 10.1. The van der Waals surface area contributed by atoms with Crippen LogP contribution in [-0.4, -0.2) is 16.4 Å². The number of anilines is 1. The highest BCUT2D eigenvalue weighted by molar-refractivity contribution is 5.71. The van der Waals surface area contributed by atoms with Crippen LogP contribution < -0.4 is 10.5 Å². The third-order valence-corrected chi connectivity index (χ3v) is 2.91. The molecule has 1 aliphatic rings. The van der Waals surface area contributed by atoms with Gasteiger partial charge in [-0.3, -0.25) is 4.68 Å². The molecule has 3 rings (SSSR count). The van der Waals surface area contributed by atoms with Crippen molar-refractivity contribution >= 4 is 5.82 Å². The standard InChI is InChI=1S/C12H13N3O/c1-15-11(13)7-10(14-15)9-4-2-3-8-5-6-16-12(8)9/h2-4,7H,5-6,13H2,1H3. The number of hydrogen-bond donors (Lipinski definition) is 1. The van der Waals surface area contributed by atoms with Crippen molar-refractivity contribution in [2.45, 2.75) is 6.42 Å². The zero-order chi connectivity index (χ0) is 11.1. The Bertz CT molecular complexity index is 526. The predicted octanol–water partition coefficient (Wildman–Crippen LogP) is 1.60. The third-order valence-electron chi connectivity index (χ3n) is 2.91. The molecule has 16 heavy (non-hydrogen) atoms. The van der Waals surface area contributed by atoms with Gasteiger partial charge in [-0.15, -0.1) is 0 Å². The highest BCUT2D eigenvalue weighted by Gasteiger charge is 2.18. The minimum absolute atomic E-state index is 0.658. The largest absolute Gasteiger partial charge is 0.492 e. The van der Waals surface area contributed by atoms with Crippen LogP contribution in [0.3, 0.4) is 0 Å². The maximum absolute atomic E-state index is 5.78. The lowest BCUT2D eigenvalue weighted by Gasteiger charge is -2.04. The van der Waals surface area contributed by atoms with Gasteiger partial charge in [0.1, 0.15) is 11.6 Å². The maximum Gasteiger partial charge on any atom is 0.132 e.